The smallest absolute Gasteiger partial charge is 0.290 e. The van der Waals surface area contributed by atoms with E-state index in [1.807, 2.05) is 4.90 Å². The number of benzene rings is 1. The Labute approximate surface area is 155 Å². The van der Waals surface area contributed by atoms with Gasteiger partial charge in [0.05, 0.1) is 0 Å². The van der Waals surface area contributed by atoms with Gasteiger partial charge in [-0.25, -0.2) is 0 Å². The van der Waals surface area contributed by atoms with Crippen molar-refractivity contribution < 1.29 is 14.7 Å². The number of anilines is 1. The number of carbonyl (C=O) groups is 2. The summed E-state index contributed by atoms with van der Waals surface area (Å²) in [6, 6.07) is 6.76. The number of carbonyl (C=O) groups excluding carboxylic acids is 1. The van der Waals surface area contributed by atoms with Crippen molar-refractivity contribution in [1.82, 2.24) is 4.90 Å². The summed E-state index contributed by atoms with van der Waals surface area (Å²) in [6.45, 7) is 4.87. The summed E-state index contributed by atoms with van der Waals surface area (Å²) < 4.78 is 0. The van der Waals surface area contributed by atoms with Crippen molar-refractivity contribution in [2.24, 2.45) is 5.92 Å². The first kappa shape index (κ1) is 18.5. The molecule has 140 valence electrons. The second-order valence-electron chi connectivity index (χ2n) is 7.69. The van der Waals surface area contributed by atoms with Crippen LogP contribution in [0.1, 0.15) is 49.7 Å². The third-order valence-corrected chi connectivity index (χ3v) is 6.21. The molecule has 5 rings (SSSR count). The van der Waals surface area contributed by atoms with Crippen LogP contribution < -0.4 is 5.32 Å². The lowest BCUT2D eigenvalue weighted by atomic mass is 9.66. The fourth-order valence-electron chi connectivity index (χ4n) is 4.70. The Balaban J connectivity index is 0.000000613. The molecule has 0 atom stereocenters. The van der Waals surface area contributed by atoms with Crippen LogP contribution in [0.3, 0.4) is 0 Å². The Morgan fingerprint density at radius 3 is 2.50 bits per heavy atom. The zero-order chi connectivity index (χ0) is 18.6. The molecule has 2 N–H and O–H groups in total. The van der Waals surface area contributed by atoms with Crippen LogP contribution in [0.25, 0.3) is 0 Å². The van der Waals surface area contributed by atoms with Gasteiger partial charge in [-0.2, -0.15) is 0 Å². The van der Waals surface area contributed by atoms with E-state index in [0.717, 1.165) is 18.9 Å². The molecule has 4 aliphatic rings. The molecule has 5 heteroatoms. The van der Waals surface area contributed by atoms with Crippen molar-refractivity contribution in [3.63, 3.8) is 0 Å². The molecule has 26 heavy (non-hydrogen) atoms. The topological polar surface area (TPSA) is 69.6 Å². The van der Waals surface area contributed by atoms with Crippen molar-refractivity contribution in [1.29, 1.82) is 0 Å². The molecule has 0 radical (unpaired) electrons. The maximum atomic E-state index is 11.9. The molecule has 0 spiro atoms. The van der Waals surface area contributed by atoms with Crippen LogP contribution >= 0.6 is 0 Å². The van der Waals surface area contributed by atoms with E-state index in [2.05, 4.69) is 30.1 Å². The molecule has 3 aliphatic carbocycles. The zero-order valence-corrected chi connectivity index (χ0v) is 15.2. The van der Waals surface area contributed by atoms with Gasteiger partial charge < -0.3 is 15.3 Å². The third-order valence-electron chi connectivity index (χ3n) is 6.21. The summed E-state index contributed by atoms with van der Waals surface area (Å²) >= 11 is 0. The minimum absolute atomic E-state index is 0.0400. The molecule has 1 aliphatic heterocycles. The van der Waals surface area contributed by atoms with Crippen LogP contribution in [0.5, 0.6) is 0 Å². The molecule has 3 fully saturated rings. The number of nitrogens with zero attached hydrogens (tertiary/aromatic N) is 1. The molecule has 0 unspecified atom stereocenters. The summed E-state index contributed by atoms with van der Waals surface area (Å²) in [5.74, 6) is 1.03. The summed E-state index contributed by atoms with van der Waals surface area (Å²) in [7, 11) is 0. The molecule has 0 aromatic heterocycles. The van der Waals surface area contributed by atoms with Gasteiger partial charge in [0.1, 0.15) is 0 Å². The highest BCUT2D eigenvalue weighted by Crippen LogP contribution is 2.46. The minimum Gasteiger partial charge on any atom is -0.483 e. The molecule has 1 heterocycles. The Kier molecular flexibility index (Phi) is 5.64. The first-order valence-corrected chi connectivity index (χ1v) is 9.48. The van der Waals surface area contributed by atoms with Crippen molar-refractivity contribution in [3.8, 4) is 0 Å². The molecule has 0 saturated heterocycles. The number of amides is 1. The first-order chi connectivity index (χ1) is 12.6. The summed E-state index contributed by atoms with van der Waals surface area (Å²) in [5.41, 5.74) is 4.23. The minimum atomic E-state index is -0.250. The van der Waals surface area contributed by atoms with Gasteiger partial charge in [-0.3, -0.25) is 9.59 Å². The monoisotopic (exact) mass is 356 g/mol. The Morgan fingerprint density at radius 2 is 1.88 bits per heavy atom. The molecule has 3 saturated carbocycles. The summed E-state index contributed by atoms with van der Waals surface area (Å²) in [6.07, 6.45) is 10.5. The molecule has 1 amide bonds. The Bertz CT molecular complexity index is 664. The number of hydrogen-bond acceptors (Lipinski definition) is 3. The van der Waals surface area contributed by atoms with Crippen molar-refractivity contribution in [3.05, 3.63) is 42.0 Å². The number of rotatable bonds is 3. The zero-order valence-electron chi connectivity index (χ0n) is 15.2. The standard InChI is InChI=1S/C20H26N2O.CH2O2/c1-2-19(23)22-12-8-16-3-4-18(13-17(16)14-22)21-20-9-5-15(6-10-20)7-11-20;2-1-3/h2-4,13,15,21H,1,5-12,14H2;1H,(H,2,3). The Hall–Kier alpha value is -2.30. The summed E-state index contributed by atoms with van der Waals surface area (Å²) in [5, 5.41) is 10.8. The molecule has 5 nitrogen and oxygen atoms in total. The van der Waals surface area contributed by atoms with Crippen LogP contribution in [0, 0.1) is 5.92 Å². The van der Waals surface area contributed by atoms with E-state index < -0.39 is 0 Å². The van der Waals surface area contributed by atoms with Crippen molar-refractivity contribution >= 4 is 18.1 Å². The highest BCUT2D eigenvalue weighted by atomic mass is 16.3. The van der Waals surface area contributed by atoms with Crippen LogP contribution in [0.4, 0.5) is 5.69 Å². The van der Waals surface area contributed by atoms with E-state index >= 15 is 0 Å². The molecule has 1 aromatic rings. The van der Waals surface area contributed by atoms with E-state index in [0.29, 0.717) is 12.1 Å². The fourth-order valence-corrected chi connectivity index (χ4v) is 4.70. The SMILES string of the molecule is C=CC(=O)N1CCc2ccc(NC34CCC(CC3)CC4)cc2C1.O=CO. The molecule has 2 bridgehead atoms. The maximum absolute atomic E-state index is 11.9. The second kappa shape index (κ2) is 7.94. The predicted octanol–water partition coefficient (Wildman–Crippen LogP) is 3.59. The van der Waals surface area contributed by atoms with E-state index in [9.17, 15) is 4.79 Å². The quantitative estimate of drug-likeness (QED) is 0.641. The predicted molar refractivity (Wildman–Crippen MR) is 102 cm³/mol. The highest BCUT2D eigenvalue weighted by Gasteiger charge is 2.40. The van der Waals surface area contributed by atoms with Gasteiger partial charge in [-0.05, 0) is 80.2 Å². The fraction of sp³-hybridized carbons (Fsp3) is 0.524. The highest BCUT2D eigenvalue weighted by molar-refractivity contribution is 5.87. The molecular weight excluding hydrogens is 328 g/mol. The Morgan fingerprint density at radius 1 is 1.23 bits per heavy atom. The molecular formula is C21H28N2O3. The van der Waals surface area contributed by atoms with Gasteiger partial charge in [0, 0.05) is 24.3 Å². The number of nitrogens with one attached hydrogen (secondary N) is 1. The lowest BCUT2D eigenvalue weighted by Gasteiger charge is -2.47. The second-order valence-corrected chi connectivity index (χ2v) is 7.69. The van der Waals surface area contributed by atoms with E-state index in [4.69, 9.17) is 9.90 Å². The van der Waals surface area contributed by atoms with E-state index in [-0.39, 0.29) is 12.4 Å². The van der Waals surface area contributed by atoms with Gasteiger partial charge in [-0.15, -0.1) is 0 Å². The van der Waals surface area contributed by atoms with Crippen molar-refractivity contribution in [2.75, 3.05) is 11.9 Å². The average Bonchev–Trinajstić information content (AvgIpc) is 2.68. The number of hydrogen-bond donors (Lipinski definition) is 2. The van der Waals surface area contributed by atoms with Gasteiger partial charge >= 0.3 is 0 Å². The molecule has 1 aromatic carbocycles. The number of fused-ring (bicyclic) bond motifs is 4. The largest absolute Gasteiger partial charge is 0.483 e. The van der Waals surface area contributed by atoms with Gasteiger partial charge in [0.25, 0.3) is 6.47 Å². The van der Waals surface area contributed by atoms with Crippen LogP contribution in [0.15, 0.2) is 30.9 Å². The van der Waals surface area contributed by atoms with Gasteiger partial charge in [0.15, 0.2) is 0 Å². The van der Waals surface area contributed by atoms with Crippen molar-refractivity contribution in [2.45, 2.75) is 57.0 Å². The summed E-state index contributed by atoms with van der Waals surface area (Å²) in [4.78, 5) is 22.1. The van der Waals surface area contributed by atoms with Crippen LogP contribution in [-0.4, -0.2) is 34.5 Å². The van der Waals surface area contributed by atoms with Gasteiger partial charge in [0.2, 0.25) is 5.91 Å². The third kappa shape index (κ3) is 3.92. The van der Waals surface area contributed by atoms with E-state index in [1.54, 1.807) is 0 Å². The van der Waals surface area contributed by atoms with Gasteiger partial charge in [-0.1, -0.05) is 12.6 Å². The first-order valence-electron chi connectivity index (χ1n) is 9.48. The normalized spacial score (nSPS) is 26.2. The number of carboxylic acid groups (broad SMARTS) is 1. The van der Waals surface area contributed by atoms with Crippen LogP contribution in [-0.2, 0) is 22.6 Å². The van der Waals surface area contributed by atoms with E-state index in [1.165, 1.54) is 61.4 Å². The average molecular weight is 356 g/mol. The lowest BCUT2D eigenvalue weighted by molar-refractivity contribution is -0.127. The maximum Gasteiger partial charge on any atom is 0.290 e. The van der Waals surface area contributed by atoms with Crippen LogP contribution in [0.2, 0.25) is 0 Å². The lowest BCUT2D eigenvalue weighted by Crippen LogP contribution is -2.46.